The predicted molar refractivity (Wildman–Crippen MR) is 73.6 cm³/mol. The van der Waals surface area contributed by atoms with Gasteiger partial charge in [-0.25, -0.2) is 0 Å². The van der Waals surface area contributed by atoms with E-state index in [2.05, 4.69) is 10.3 Å². The second-order valence-corrected chi connectivity index (χ2v) is 3.71. The van der Waals surface area contributed by atoms with Crippen molar-refractivity contribution >= 4 is 42.3 Å². The van der Waals surface area contributed by atoms with Gasteiger partial charge in [0, 0.05) is 18.7 Å². The number of aromatic nitrogens is 1. The number of fused-ring (bicyclic) bond motifs is 1. The standard InChI is InChI=1S/C10H12N4O3.2ClH/c11-5(9(12)15)3-8-10(16)14-6-4-13-2-1-7(6)17-8;;/h1-2,4-5,8H,3,11H2,(H2,12,15)(H,14,16);2*1H/t5-,8-;;/m0../s1. The molecule has 106 valence electrons. The van der Waals surface area contributed by atoms with E-state index >= 15 is 0 Å². The molecular formula is C10H14Cl2N4O3. The minimum atomic E-state index is -0.908. The molecule has 1 aromatic heterocycles. The van der Waals surface area contributed by atoms with E-state index in [4.69, 9.17) is 16.2 Å². The van der Waals surface area contributed by atoms with Gasteiger partial charge in [0.1, 0.15) is 11.4 Å². The predicted octanol–water partition coefficient (Wildman–Crippen LogP) is -0.173. The van der Waals surface area contributed by atoms with Crippen molar-refractivity contribution in [3.63, 3.8) is 0 Å². The fourth-order valence-corrected chi connectivity index (χ4v) is 1.50. The van der Waals surface area contributed by atoms with E-state index in [1.807, 2.05) is 0 Å². The van der Waals surface area contributed by atoms with Gasteiger partial charge in [-0.05, 0) is 0 Å². The molecule has 2 heterocycles. The van der Waals surface area contributed by atoms with Crippen LogP contribution in [0.4, 0.5) is 5.69 Å². The molecule has 0 unspecified atom stereocenters. The molecule has 5 N–H and O–H groups in total. The van der Waals surface area contributed by atoms with Crippen molar-refractivity contribution < 1.29 is 14.3 Å². The highest BCUT2D eigenvalue weighted by Gasteiger charge is 2.30. The average Bonchev–Trinajstić information content (AvgIpc) is 2.29. The van der Waals surface area contributed by atoms with Crippen molar-refractivity contribution in [3.8, 4) is 5.75 Å². The zero-order valence-electron chi connectivity index (χ0n) is 9.74. The van der Waals surface area contributed by atoms with Crippen LogP contribution in [-0.4, -0.2) is 28.9 Å². The number of rotatable bonds is 3. The van der Waals surface area contributed by atoms with Crippen LogP contribution in [0.2, 0.25) is 0 Å². The number of hydrogen-bond acceptors (Lipinski definition) is 5. The summed E-state index contributed by atoms with van der Waals surface area (Å²) in [6.45, 7) is 0. The molecule has 9 heteroatoms. The van der Waals surface area contributed by atoms with Crippen LogP contribution in [0.1, 0.15) is 6.42 Å². The Bertz CT molecular complexity index is 472. The highest BCUT2D eigenvalue weighted by Crippen LogP contribution is 2.28. The Hall–Kier alpha value is -1.57. The second kappa shape index (κ2) is 7.13. The number of carbonyl (C=O) groups excluding carboxylic acids is 2. The SMILES string of the molecule is Cl.Cl.NC(=O)[C@@H](N)C[C@@H]1Oc2ccncc2NC1=O. The molecule has 2 rings (SSSR count). The van der Waals surface area contributed by atoms with Gasteiger partial charge in [0.05, 0.1) is 12.2 Å². The Balaban J connectivity index is 0.00000162. The number of carbonyl (C=O) groups is 2. The van der Waals surface area contributed by atoms with E-state index in [0.717, 1.165) is 0 Å². The Morgan fingerprint density at radius 1 is 1.53 bits per heavy atom. The third-order valence-corrected chi connectivity index (χ3v) is 2.43. The molecule has 0 aromatic carbocycles. The molecule has 1 aromatic rings. The number of amides is 2. The largest absolute Gasteiger partial charge is 0.478 e. The van der Waals surface area contributed by atoms with Crippen molar-refractivity contribution in [2.45, 2.75) is 18.6 Å². The van der Waals surface area contributed by atoms with E-state index in [0.29, 0.717) is 11.4 Å². The zero-order valence-corrected chi connectivity index (χ0v) is 11.4. The van der Waals surface area contributed by atoms with Gasteiger partial charge in [0.25, 0.3) is 5.91 Å². The third kappa shape index (κ3) is 3.95. The molecule has 19 heavy (non-hydrogen) atoms. The van der Waals surface area contributed by atoms with Crippen LogP contribution in [0.25, 0.3) is 0 Å². The van der Waals surface area contributed by atoms with Crippen molar-refractivity contribution in [2.24, 2.45) is 11.5 Å². The summed E-state index contributed by atoms with van der Waals surface area (Å²) in [5.41, 5.74) is 11.0. The second-order valence-electron chi connectivity index (χ2n) is 3.71. The van der Waals surface area contributed by atoms with Gasteiger partial charge in [-0.15, -0.1) is 24.8 Å². The lowest BCUT2D eigenvalue weighted by atomic mass is 10.1. The maximum Gasteiger partial charge on any atom is 0.265 e. The molecule has 0 saturated carbocycles. The Kier molecular flexibility index (Phi) is 6.54. The monoisotopic (exact) mass is 308 g/mol. The Morgan fingerprint density at radius 2 is 2.21 bits per heavy atom. The zero-order chi connectivity index (χ0) is 12.4. The normalized spacial score (nSPS) is 17.7. The van der Waals surface area contributed by atoms with E-state index in [1.165, 1.54) is 6.20 Å². The van der Waals surface area contributed by atoms with Crippen LogP contribution in [0, 0.1) is 0 Å². The van der Waals surface area contributed by atoms with E-state index in [-0.39, 0.29) is 37.1 Å². The molecule has 0 radical (unpaired) electrons. The topological polar surface area (TPSA) is 120 Å². The lowest BCUT2D eigenvalue weighted by Crippen LogP contribution is -2.45. The summed E-state index contributed by atoms with van der Waals surface area (Å²) in [4.78, 5) is 26.3. The summed E-state index contributed by atoms with van der Waals surface area (Å²) >= 11 is 0. The highest BCUT2D eigenvalue weighted by atomic mass is 35.5. The van der Waals surface area contributed by atoms with Gasteiger partial charge in [-0.1, -0.05) is 0 Å². The molecule has 0 saturated heterocycles. The number of halogens is 2. The summed E-state index contributed by atoms with van der Waals surface area (Å²) in [6.07, 6.45) is 2.26. The summed E-state index contributed by atoms with van der Waals surface area (Å²) in [7, 11) is 0. The van der Waals surface area contributed by atoms with Crippen LogP contribution in [0.3, 0.4) is 0 Å². The summed E-state index contributed by atoms with van der Waals surface area (Å²) < 4.78 is 5.43. The quantitative estimate of drug-likeness (QED) is 0.716. The molecule has 1 aliphatic heterocycles. The average molecular weight is 309 g/mol. The molecule has 2 amide bonds. The number of nitrogens with two attached hydrogens (primary N) is 2. The minimum absolute atomic E-state index is 0. The first-order chi connectivity index (χ1) is 8.08. The van der Waals surface area contributed by atoms with Crippen molar-refractivity contribution in [1.82, 2.24) is 4.98 Å². The van der Waals surface area contributed by atoms with Gasteiger partial charge in [-0.3, -0.25) is 14.6 Å². The highest BCUT2D eigenvalue weighted by molar-refractivity contribution is 5.98. The van der Waals surface area contributed by atoms with Gasteiger partial charge < -0.3 is 21.5 Å². The molecule has 2 atom stereocenters. The van der Waals surface area contributed by atoms with Crippen LogP contribution in [0.5, 0.6) is 5.75 Å². The van der Waals surface area contributed by atoms with E-state index < -0.39 is 18.1 Å². The molecule has 1 aliphatic rings. The molecular weight excluding hydrogens is 295 g/mol. The smallest absolute Gasteiger partial charge is 0.265 e. The van der Waals surface area contributed by atoms with Gasteiger partial charge in [-0.2, -0.15) is 0 Å². The third-order valence-electron chi connectivity index (χ3n) is 2.43. The number of nitrogens with one attached hydrogen (secondary N) is 1. The Morgan fingerprint density at radius 3 is 2.84 bits per heavy atom. The van der Waals surface area contributed by atoms with Crippen molar-refractivity contribution in [3.05, 3.63) is 18.5 Å². The van der Waals surface area contributed by atoms with Crippen molar-refractivity contribution in [1.29, 1.82) is 0 Å². The number of ether oxygens (including phenoxy) is 1. The first-order valence-electron chi connectivity index (χ1n) is 5.04. The lowest BCUT2D eigenvalue weighted by Gasteiger charge is -2.26. The molecule has 0 aliphatic carbocycles. The van der Waals surface area contributed by atoms with Crippen LogP contribution in [-0.2, 0) is 9.59 Å². The number of nitrogens with zero attached hydrogens (tertiary/aromatic N) is 1. The van der Waals surface area contributed by atoms with Gasteiger partial charge in [0.2, 0.25) is 5.91 Å². The van der Waals surface area contributed by atoms with Crippen LogP contribution >= 0.6 is 24.8 Å². The summed E-state index contributed by atoms with van der Waals surface area (Å²) in [5.74, 6) is -0.523. The maximum atomic E-state index is 11.6. The summed E-state index contributed by atoms with van der Waals surface area (Å²) in [5, 5.41) is 2.62. The van der Waals surface area contributed by atoms with Crippen molar-refractivity contribution in [2.75, 3.05) is 5.32 Å². The molecule has 0 bridgehead atoms. The van der Waals surface area contributed by atoms with Crippen LogP contribution < -0.4 is 21.5 Å². The van der Waals surface area contributed by atoms with E-state index in [9.17, 15) is 9.59 Å². The van der Waals surface area contributed by atoms with Gasteiger partial charge >= 0.3 is 0 Å². The van der Waals surface area contributed by atoms with E-state index in [1.54, 1.807) is 12.3 Å². The molecule has 0 fully saturated rings. The first kappa shape index (κ1) is 17.4. The fraction of sp³-hybridized carbons (Fsp3) is 0.300. The maximum absolute atomic E-state index is 11.6. The molecule has 7 nitrogen and oxygen atoms in total. The minimum Gasteiger partial charge on any atom is -0.478 e. The fourth-order valence-electron chi connectivity index (χ4n) is 1.50. The Labute approximate surface area is 121 Å². The number of hydrogen-bond donors (Lipinski definition) is 3. The van der Waals surface area contributed by atoms with Gasteiger partial charge in [0.15, 0.2) is 6.10 Å². The molecule has 0 spiro atoms. The van der Waals surface area contributed by atoms with Crippen LogP contribution in [0.15, 0.2) is 18.5 Å². The number of primary amides is 1. The number of anilines is 1. The lowest BCUT2D eigenvalue weighted by molar-refractivity contribution is -0.125. The summed E-state index contributed by atoms with van der Waals surface area (Å²) in [6, 6.07) is 0.714. The number of pyridine rings is 1. The first-order valence-corrected chi connectivity index (χ1v) is 5.04.